The standard InChI is InChI=1S/C10H17NO4/c1-3-14-10-5-4-9(13)11(10)6-7-15-8(2)12/h10H,3-7H2,1-2H3. The summed E-state index contributed by atoms with van der Waals surface area (Å²) in [6, 6.07) is 0. The van der Waals surface area contributed by atoms with E-state index in [-0.39, 0.29) is 24.7 Å². The molecule has 1 unspecified atom stereocenters. The van der Waals surface area contributed by atoms with Crippen LogP contribution in [0.15, 0.2) is 0 Å². The van der Waals surface area contributed by atoms with Crippen molar-refractivity contribution < 1.29 is 19.1 Å². The van der Waals surface area contributed by atoms with Crippen molar-refractivity contribution in [2.75, 3.05) is 19.8 Å². The molecule has 0 N–H and O–H groups in total. The zero-order valence-corrected chi connectivity index (χ0v) is 9.19. The predicted molar refractivity (Wildman–Crippen MR) is 53.0 cm³/mol. The van der Waals surface area contributed by atoms with Crippen LogP contribution in [0.2, 0.25) is 0 Å². The van der Waals surface area contributed by atoms with Gasteiger partial charge in [0.05, 0.1) is 6.54 Å². The summed E-state index contributed by atoms with van der Waals surface area (Å²) >= 11 is 0. The summed E-state index contributed by atoms with van der Waals surface area (Å²) in [6.45, 7) is 4.49. The molecule has 5 nitrogen and oxygen atoms in total. The second kappa shape index (κ2) is 5.70. The van der Waals surface area contributed by atoms with E-state index in [2.05, 4.69) is 0 Å². The van der Waals surface area contributed by atoms with Crippen molar-refractivity contribution in [3.63, 3.8) is 0 Å². The maximum Gasteiger partial charge on any atom is 0.302 e. The highest BCUT2D eigenvalue weighted by Crippen LogP contribution is 2.18. The Morgan fingerprint density at radius 3 is 2.93 bits per heavy atom. The summed E-state index contributed by atoms with van der Waals surface area (Å²) < 4.78 is 10.2. The molecule has 0 bridgehead atoms. The highest BCUT2D eigenvalue weighted by molar-refractivity contribution is 5.78. The van der Waals surface area contributed by atoms with Crippen LogP contribution in [0.25, 0.3) is 0 Å². The number of hydrogen-bond acceptors (Lipinski definition) is 4. The average molecular weight is 215 g/mol. The third-order valence-electron chi connectivity index (χ3n) is 2.27. The molecule has 1 aliphatic rings. The predicted octanol–water partition coefficient (Wildman–Crippen LogP) is 0.534. The number of hydrogen-bond donors (Lipinski definition) is 0. The maximum atomic E-state index is 11.4. The molecule has 15 heavy (non-hydrogen) atoms. The minimum Gasteiger partial charge on any atom is -0.464 e. The Labute approximate surface area is 89.3 Å². The SMILES string of the molecule is CCOC1CCC(=O)N1CCOC(C)=O. The van der Waals surface area contributed by atoms with Crippen LogP contribution in [0, 0.1) is 0 Å². The summed E-state index contributed by atoms with van der Waals surface area (Å²) in [6.07, 6.45) is 1.11. The van der Waals surface area contributed by atoms with Gasteiger partial charge in [0.2, 0.25) is 5.91 Å². The Kier molecular flexibility index (Phi) is 4.55. The van der Waals surface area contributed by atoms with Crippen molar-refractivity contribution in [3.8, 4) is 0 Å². The second-order valence-electron chi connectivity index (χ2n) is 3.38. The van der Waals surface area contributed by atoms with Gasteiger partial charge in [0.1, 0.15) is 12.8 Å². The molecule has 1 heterocycles. The molecule has 1 rings (SSSR count). The Morgan fingerprint density at radius 1 is 1.60 bits per heavy atom. The lowest BCUT2D eigenvalue weighted by molar-refractivity contribution is -0.146. The zero-order valence-electron chi connectivity index (χ0n) is 9.19. The van der Waals surface area contributed by atoms with E-state index in [1.54, 1.807) is 4.90 Å². The van der Waals surface area contributed by atoms with E-state index in [1.165, 1.54) is 6.92 Å². The zero-order chi connectivity index (χ0) is 11.3. The maximum absolute atomic E-state index is 11.4. The molecule has 0 aliphatic carbocycles. The molecular weight excluding hydrogens is 198 g/mol. The third kappa shape index (κ3) is 3.51. The molecule has 5 heteroatoms. The number of nitrogens with zero attached hydrogens (tertiary/aromatic N) is 1. The van der Waals surface area contributed by atoms with Gasteiger partial charge >= 0.3 is 5.97 Å². The first-order chi connectivity index (χ1) is 7.15. The van der Waals surface area contributed by atoms with Gasteiger partial charge in [-0.15, -0.1) is 0 Å². The molecule has 1 fully saturated rings. The molecule has 0 radical (unpaired) electrons. The minimum atomic E-state index is -0.324. The Morgan fingerprint density at radius 2 is 2.33 bits per heavy atom. The summed E-state index contributed by atoms with van der Waals surface area (Å²) in [7, 11) is 0. The number of rotatable bonds is 5. The molecule has 1 saturated heterocycles. The molecule has 1 amide bonds. The first-order valence-corrected chi connectivity index (χ1v) is 5.19. The molecule has 0 aromatic heterocycles. The van der Waals surface area contributed by atoms with Crippen molar-refractivity contribution in [1.29, 1.82) is 0 Å². The van der Waals surface area contributed by atoms with Gasteiger partial charge in [0, 0.05) is 26.4 Å². The fraction of sp³-hybridized carbons (Fsp3) is 0.800. The summed E-state index contributed by atoms with van der Waals surface area (Å²) in [5.41, 5.74) is 0. The van der Waals surface area contributed by atoms with E-state index in [1.807, 2.05) is 6.92 Å². The van der Waals surface area contributed by atoms with E-state index < -0.39 is 0 Å². The molecule has 86 valence electrons. The van der Waals surface area contributed by atoms with Crippen molar-refractivity contribution >= 4 is 11.9 Å². The van der Waals surface area contributed by atoms with Gasteiger partial charge in [-0.05, 0) is 6.92 Å². The van der Waals surface area contributed by atoms with Crippen LogP contribution in [-0.4, -0.2) is 42.8 Å². The molecular formula is C10H17NO4. The van der Waals surface area contributed by atoms with Crippen molar-refractivity contribution in [3.05, 3.63) is 0 Å². The van der Waals surface area contributed by atoms with Gasteiger partial charge in [0.25, 0.3) is 0 Å². The van der Waals surface area contributed by atoms with Gasteiger partial charge in [-0.2, -0.15) is 0 Å². The highest BCUT2D eigenvalue weighted by Gasteiger charge is 2.30. The largest absolute Gasteiger partial charge is 0.464 e. The Hall–Kier alpha value is -1.10. The van der Waals surface area contributed by atoms with Gasteiger partial charge in [-0.25, -0.2) is 0 Å². The number of carbonyl (C=O) groups is 2. The van der Waals surface area contributed by atoms with Gasteiger partial charge in [-0.1, -0.05) is 0 Å². The van der Waals surface area contributed by atoms with E-state index in [9.17, 15) is 9.59 Å². The van der Waals surface area contributed by atoms with Crippen LogP contribution in [-0.2, 0) is 19.1 Å². The first-order valence-electron chi connectivity index (χ1n) is 5.19. The van der Waals surface area contributed by atoms with E-state index in [0.29, 0.717) is 19.6 Å². The van der Waals surface area contributed by atoms with Crippen LogP contribution >= 0.6 is 0 Å². The molecule has 0 aromatic rings. The van der Waals surface area contributed by atoms with Crippen molar-refractivity contribution in [1.82, 2.24) is 4.90 Å². The lowest BCUT2D eigenvalue weighted by Crippen LogP contribution is -2.37. The fourth-order valence-corrected chi connectivity index (χ4v) is 1.63. The van der Waals surface area contributed by atoms with Crippen LogP contribution in [0.1, 0.15) is 26.7 Å². The summed E-state index contributed by atoms with van der Waals surface area (Å²) in [5.74, 6) is -0.254. The minimum absolute atomic E-state index is 0.0700. The molecule has 1 aliphatic heterocycles. The lowest BCUT2D eigenvalue weighted by atomic mass is 10.3. The van der Waals surface area contributed by atoms with Crippen LogP contribution < -0.4 is 0 Å². The number of ether oxygens (including phenoxy) is 2. The fourth-order valence-electron chi connectivity index (χ4n) is 1.63. The molecule has 0 saturated carbocycles. The van der Waals surface area contributed by atoms with Gasteiger partial charge < -0.3 is 14.4 Å². The average Bonchev–Trinajstić information content (AvgIpc) is 2.50. The highest BCUT2D eigenvalue weighted by atomic mass is 16.5. The van der Waals surface area contributed by atoms with Crippen LogP contribution in [0.4, 0.5) is 0 Å². The van der Waals surface area contributed by atoms with E-state index >= 15 is 0 Å². The summed E-state index contributed by atoms with van der Waals surface area (Å²) in [4.78, 5) is 23.6. The first kappa shape index (κ1) is 12.0. The van der Waals surface area contributed by atoms with E-state index in [4.69, 9.17) is 9.47 Å². The number of amides is 1. The number of esters is 1. The third-order valence-corrected chi connectivity index (χ3v) is 2.27. The summed E-state index contributed by atoms with van der Waals surface area (Å²) in [5, 5.41) is 0. The molecule has 0 spiro atoms. The Bertz CT molecular complexity index is 242. The van der Waals surface area contributed by atoms with Gasteiger partial charge in [0.15, 0.2) is 0 Å². The van der Waals surface area contributed by atoms with Gasteiger partial charge in [-0.3, -0.25) is 9.59 Å². The van der Waals surface area contributed by atoms with E-state index in [0.717, 1.165) is 6.42 Å². The number of carbonyl (C=O) groups excluding carboxylic acids is 2. The van der Waals surface area contributed by atoms with Crippen molar-refractivity contribution in [2.45, 2.75) is 32.9 Å². The second-order valence-corrected chi connectivity index (χ2v) is 3.38. The van der Waals surface area contributed by atoms with Crippen LogP contribution in [0.5, 0.6) is 0 Å². The topological polar surface area (TPSA) is 55.8 Å². The normalized spacial score (nSPS) is 20.8. The quantitative estimate of drug-likeness (QED) is 0.628. The lowest BCUT2D eigenvalue weighted by Gasteiger charge is -2.23. The molecule has 0 aromatic carbocycles. The van der Waals surface area contributed by atoms with Crippen LogP contribution in [0.3, 0.4) is 0 Å². The smallest absolute Gasteiger partial charge is 0.302 e. The van der Waals surface area contributed by atoms with Crippen molar-refractivity contribution in [2.24, 2.45) is 0 Å². The number of likely N-dealkylation sites (tertiary alicyclic amines) is 1. The monoisotopic (exact) mass is 215 g/mol. The molecule has 1 atom stereocenters. The Balaban J connectivity index is 2.35.